The highest BCUT2D eigenvalue weighted by Gasteiger charge is 2.32. The summed E-state index contributed by atoms with van der Waals surface area (Å²) in [4.78, 5) is 19.3. The molecule has 1 aliphatic rings. The van der Waals surface area contributed by atoms with E-state index in [-0.39, 0.29) is 11.7 Å². The van der Waals surface area contributed by atoms with Crippen molar-refractivity contribution in [3.8, 4) is 0 Å². The Kier molecular flexibility index (Phi) is 4.92. The van der Waals surface area contributed by atoms with Crippen molar-refractivity contribution in [1.82, 2.24) is 0 Å². The van der Waals surface area contributed by atoms with Crippen molar-refractivity contribution >= 4 is 39.4 Å². The summed E-state index contributed by atoms with van der Waals surface area (Å²) in [5.41, 5.74) is 3.73. The number of aryl methyl sites for hydroxylation is 1. The lowest BCUT2D eigenvalue weighted by molar-refractivity contribution is -0.113. The number of carbonyl (C=O) groups is 1. The largest absolute Gasteiger partial charge is 0.282 e. The van der Waals surface area contributed by atoms with E-state index in [0.717, 1.165) is 15.6 Å². The molecular formula is C23H16BrFN2O. The van der Waals surface area contributed by atoms with Crippen molar-refractivity contribution in [2.45, 2.75) is 6.92 Å². The van der Waals surface area contributed by atoms with Gasteiger partial charge in [0.15, 0.2) is 0 Å². The number of benzene rings is 3. The minimum atomic E-state index is -0.335. The predicted molar refractivity (Wildman–Crippen MR) is 114 cm³/mol. The fourth-order valence-electron chi connectivity index (χ4n) is 2.98. The number of carbonyl (C=O) groups excluding carboxylic acids is 1. The van der Waals surface area contributed by atoms with Crippen LogP contribution in [0.3, 0.4) is 0 Å². The Labute approximate surface area is 171 Å². The van der Waals surface area contributed by atoms with Crippen molar-refractivity contribution in [2.24, 2.45) is 4.99 Å². The van der Waals surface area contributed by atoms with Crippen LogP contribution in [0.15, 0.2) is 88.0 Å². The standard InChI is InChI=1S/C23H16BrFN2O/c1-15-5-7-16(8-6-15)13-21-23(28)27(20-4-2-3-18(24)14-20)22(26-21)17-9-11-19(25)12-10-17/h2-14H,1H3/b21-13+. The smallest absolute Gasteiger partial charge is 0.266 e. The Morgan fingerprint density at radius 2 is 1.71 bits per heavy atom. The van der Waals surface area contributed by atoms with Gasteiger partial charge in [0, 0.05) is 10.0 Å². The van der Waals surface area contributed by atoms with E-state index in [1.54, 1.807) is 23.1 Å². The van der Waals surface area contributed by atoms with E-state index in [0.29, 0.717) is 22.8 Å². The number of halogens is 2. The molecular weight excluding hydrogens is 419 g/mol. The number of aliphatic imine (C=N–C) groups is 1. The molecule has 0 saturated carbocycles. The molecule has 1 amide bonds. The van der Waals surface area contributed by atoms with Crippen LogP contribution in [0.2, 0.25) is 0 Å². The zero-order chi connectivity index (χ0) is 19.7. The summed E-state index contributed by atoms with van der Waals surface area (Å²) in [5, 5.41) is 0. The molecule has 0 N–H and O–H groups in total. The normalized spacial score (nSPS) is 15.2. The number of hydrogen-bond donors (Lipinski definition) is 0. The molecule has 0 spiro atoms. The van der Waals surface area contributed by atoms with E-state index in [9.17, 15) is 9.18 Å². The topological polar surface area (TPSA) is 32.7 Å². The Morgan fingerprint density at radius 3 is 2.39 bits per heavy atom. The van der Waals surface area contributed by atoms with E-state index >= 15 is 0 Å². The summed E-state index contributed by atoms with van der Waals surface area (Å²) in [6.07, 6.45) is 1.77. The van der Waals surface area contributed by atoms with Crippen molar-refractivity contribution in [2.75, 3.05) is 4.90 Å². The van der Waals surface area contributed by atoms with Crippen LogP contribution in [0, 0.1) is 12.7 Å². The third-order valence-corrected chi connectivity index (χ3v) is 4.90. The lowest BCUT2D eigenvalue weighted by Gasteiger charge is -2.18. The maximum Gasteiger partial charge on any atom is 0.282 e. The fraction of sp³-hybridized carbons (Fsp3) is 0.0435. The number of nitrogens with zero attached hydrogens (tertiary/aromatic N) is 2. The monoisotopic (exact) mass is 434 g/mol. The van der Waals surface area contributed by atoms with Crippen LogP contribution in [0.25, 0.3) is 6.08 Å². The van der Waals surface area contributed by atoms with E-state index in [4.69, 9.17) is 0 Å². The van der Waals surface area contributed by atoms with Gasteiger partial charge in [-0.05, 0) is 61.0 Å². The molecule has 3 aromatic carbocycles. The highest BCUT2D eigenvalue weighted by atomic mass is 79.9. The molecule has 0 fully saturated rings. The van der Waals surface area contributed by atoms with Gasteiger partial charge in [-0.1, -0.05) is 51.8 Å². The van der Waals surface area contributed by atoms with Gasteiger partial charge >= 0.3 is 0 Å². The van der Waals surface area contributed by atoms with Crippen molar-refractivity contribution in [1.29, 1.82) is 0 Å². The average molecular weight is 435 g/mol. The molecule has 0 atom stereocenters. The van der Waals surface area contributed by atoms with E-state index in [1.165, 1.54) is 12.1 Å². The molecule has 0 unspecified atom stereocenters. The summed E-state index contributed by atoms with van der Waals surface area (Å²) in [5.74, 6) is -0.0856. The van der Waals surface area contributed by atoms with Gasteiger partial charge in [0.1, 0.15) is 17.3 Å². The van der Waals surface area contributed by atoms with Crippen molar-refractivity contribution in [3.05, 3.63) is 105 Å². The van der Waals surface area contributed by atoms with Crippen LogP contribution < -0.4 is 4.90 Å². The number of hydrogen-bond acceptors (Lipinski definition) is 2. The van der Waals surface area contributed by atoms with Crippen molar-refractivity contribution < 1.29 is 9.18 Å². The zero-order valence-corrected chi connectivity index (χ0v) is 16.7. The van der Waals surface area contributed by atoms with E-state index in [1.807, 2.05) is 55.5 Å². The first kappa shape index (κ1) is 18.3. The summed E-state index contributed by atoms with van der Waals surface area (Å²) in [6.45, 7) is 2.01. The average Bonchev–Trinajstić information content (AvgIpc) is 3.00. The molecule has 1 aliphatic heterocycles. The molecule has 0 aromatic heterocycles. The molecule has 0 bridgehead atoms. The molecule has 0 aliphatic carbocycles. The lowest BCUT2D eigenvalue weighted by Crippen LogP contribution is -2.32. The van der Waals surface area contributed by atoms with Gasteiger partial charge in [-0.3, -0.25) is 9.69 Å². The van der Waals surface area contributed by atoms with Gasteiger partial charge < -0.3 is 0 Å². The van der Waals surface area contributed by atoms with E-state index < -0.39 is 0 Å². The van der Waals surface area contributed by atoms with Gasteiger partial charge in [0.05, 0.1) is 5.69 Å². The lowest BCUT2D eigenvalue weighted by atomic mass is 10.1. The maximum absolute atomic E-state index is 13.4. The summed E-state index contributed by atoms with van der Waals surface area (Å²) < 4.78 is 14.2. The number of amidine groups is 1. The van der Waals surface area contributed by atoms with Gasteiger partial charge in [-0.15, -0.1) is 0 Å². The third kappa shape index (κ3) is 3.66. The predicted octanol–water partition coefficient (Wildman–Crippen LogP) is 5.73. The van der Waals surface area contributed by atoms with Crippen LogP contribution in [-0.4, -0.2) is 11.7 Å². The molecule has 3 nitrogen and oxygen atoms in total. The molecule has 0 radical (unpaired) electrons. The van der Waals surface area contributed by atoms with Gasteiger partial charge in [0.2, 0.25) is 0 Å². The number of rotatable bonds is 3. The number of anilines is 1. The van der Waals surface area contributed by atoms with Gasteiger partial charge in [-0.25, -0.2) is 9.38 Å². The molecule has 28 heavy (non-hydrogen) atoms. The van der Waals surface area contributed by atoms with Crippen LogP contribution in [0.4, 0.5) is 10.1 Å². The second kappa shape index (κ2) is 7.52. The Balaban J connectivity index is 1.82. The quantitative estimate of drug-likeness (QED) is 0.484. The first-order chi connectivity index (χ1) is 13.5. The highest BCUT2D eigenvalue weighted by molar-refractivity contribution is 9.10. The molecule has 3 aromatic rings. The number of amides is 1. The SMILES string of the molecule is Cc1ccc(/C=C2/N=C(c3ccc(F)cc3)N(c3cccc(Br)c3)C2=O)cc1. The highest BCUT2D eigenvalue weighted by Crippen LogP contribution is 2.29. The molecule has 0 saturated heterocycles. The van der Waals surface area contributed by atoms with Crippen LogP contribution in [0.1, 0.15) is 16.7 Å². The second-order valence-electron chi connectivity index (χ2n) is 6.50. The summed E-state index contributed by atoms with van der Waals surface area (Å²) in [7, 11) is 0. The first-order valence-electron chi connectivity index (χ1n) is 8.74. The minimum absolute atomic E-state index is 0.224. The maximum atomic E-state index is 13.4. The minimum Gasteiger partial charge on any atom is -0.266 e. The fourth-order valence-corrected chi connectivity index (χ4v) is 3.37. The summed E-state index contributed by atoms with van der Waals surface area (Å²) in [6, 6.07) is 21.3. The third-order valence-electron chi connectivity index (χ3n) is 4.41. The Bertz CT molecular complexity index is 1100. The van der Waals surface area contributed by atoms with E-state index in [2.05, 4.69) is 20.9 Å². The molecule has 138 valence electrons. The van der Waals surface area contributed by atoms with Crippen LogP contribution >= 0.6 is 15.9 Å². The van der Waals surface area contributed by atoms with Crippen LogP contribution in [-0.2, 0) is 4.79 Å². The van der Waals surface area contributed by atoms with Crippen LogP contribution in [0.5, 0.6) is 0 Å². The van der Waals surface area contributed by atoms with Gasteiger partial charge in [-0.2, -0.15) is 0 Å². The zero-order valence-electron chi connectivity index (χ0n) is 15.1. The van der Waals surface area contributed by atoms with Crippen molar-refractivity contribution in [3.63, 3.8) is 0 Å². The summed E-state index contributed by atoms with van der Waals surface area (Å²) >= 11 is 3.45. The molecule has 4 rings (SSSR count). The Hall–Kier alpha value is -3.05. The first-order valence-corrected chi connectivity index (χ1v) is 9.53. The Morgan fingerprint density at radius 1 is 1.00 bits per heavy atom. The molecule has 5 heteroatoms. The molecule has 1 heterocycles. The van der Waals surface area contributed by atoms with Gasteiger partial charge in [0.25, 0.3) is 5.91 Å². The second-order valence-corrected chi connectivity index (χ2v) is 7.42.